The third-order valence-corrected chi connectivity index (χ3v) is 5.04. The molecule has 3 aromatic heterocycles. The van der Waals surface area contributed by atoms with E-state index in [9.17, 15) is 4.79 Å². The number of amides is 1. The lowest BCUT2D eigenvalue weighted by Crippen LogP contribution is -2.16. The molecule has 1 amide bonds. The molecule has 31 heavy (non-hydrogen) atoms. The van der Waals surface area contributed by atoms with E-state index < -0.39 is 0 Å². The number of nitrogens with one attached hydrogen (secondary N) is 3. The van der Waals surface area contributed by atoms with Crippen LogP contribution in [0.3, 0.4) is 0 Å². The molecule has 3 heterocycles. The third-order valence-electron chi connectivity index (χ3n) is 5.04. The van der Waals surface area contributed by atoms with E-state index in [2.05, 4.69) is 25.7 Å². The zero-order valence-corrected chi connectivity index (χ0v) is 16.8. The number of hydrogen-bond acceptors (Lipinski definition) is 5. The lowest BCUT2D eigenvalue weighted by molar-refractivity contribution is 0.102. The van der Waals surface area contributed by atoms with Crippen LogP contribution < -0.4 is 15.4 Å². The fourth-order valence-electron chi connectivity index (χ4n) is 3.38. The lowest BCUT2D eigenvalue weighted by atomic mass is 10.2. The number of methoxy groups -OCH3 is 1. The maximum absolute atomic E-state index is 12.9. The van der Waals surface area contributed by atoms with E-state index in [0.29, 0.717) is 29.4 Å². The maximum Gasteiger partial charge on any atom is 0.276 e. The summed E-state index contributed by atoms with van der Waals surface area (Å²) in [4.78, 5) is 20.3. The van der Waals surface area contributed by atoms with Crippen LogP contribution in [-0.2, 0) is 6.54 Å². The fourth-order valence-corrected chi connectivity index (χ4v) is 3.38. The van der Waals surface area contributed by atoms with Gasteiger partial charge in [-0.05, 0) is 53.4 Å². The summed E-state index contributed by atoms with van der Waals surface area (Å²) in [5.41, 5.74) is 3.70. The van der Waals surface area contributed by atoms with Crippen molar-refractivity contribution in [2.24, 2.45) is 0 Å². The van der Waals surface area contributed by atoms with Crippen LogP contribution in [-0.4, -0.2) is 32.6 Å². The largest absolute Gasteiger partial charge is 0.497 e. The Morgan fingerprint density at radius 3 is 2.81 bits per heavy atom. The van der Waals surface area contributed by atoms with Gasteiger partial charge in [-0.25, -0.2) is 9.50 Å². The standard InChI is InChI=1S/C23H20N6O2/c1-31-18-6-2-15(3-7-18)13-25-21-8-9-22-26-14-20(29(22)28-21)23(30)27-17-5-4-16-10-11-24-19(16)12-17/h2-12,14,24H,13H2,1H3,(H,25,28)(H,27,30). The average molecular weight is 412 g/mol. The number of carbonyl (C=O) groups is 1. The molecule has 0 unspecified atom stereocenters. The number of nitrogens with zero attached hydrogens (tertiary/aromatic N) is 3. The Morgan fingerprint density at radius 1 is 1.10 bits per heavy atom. The van der Waals surface area contributed by atoms with Crippen molar-refractivity contribution in [3.63, 3.8) is 0 Å². The van der Waals surface area contributed by atoms with Crippen molar-refractivity contribution >= 4 is 34.0 Å². The Hall–Kier alpha value is -4.33. The molecule has 3 N–H and O–H groups in total. The van der Waals surface area contributed by atoms with Gasteiger partial charge in [-0.2, -0.15) is 0 Å². The highest BCUT2D eigenvalue weighted by Gasteiger charge is 2.14. The molecule has 0 aliphatic carbocycles. The SMILES string of the molecule is COc1ccc(CNc2ccc3ncc(C(=O)Nc4ccc5cc[nH]c5c4)n3n2)cc1. The second-order valence-corrected chi connectivity index (χ2v) is 7.07. The number of ether oxygens (including phenoxy) is 1. The topological polar surface area (TPSA) is 96.3 Å². The van der Waals surface area contributed by atoms with Gasteiger partial charge in [0.2, 0.25) is 0 Å². The number of hydrogen-bond donors (Lipinski definition) is 3. The van der Waals surface area contributed by atoms with Crippen LogP contribution in [0.4, 0.5) is 11.5 Å². The van der Waals surface area contributed by atoms with Gasteiger partial charge in [-0.3, -0.25) is 4.79 Å². The molecule has 5 aromatic rings. The summed E-state index contributed by atoms with van der Waals surface area (Å²) < 4.78 is 6.72. The van der Waals surface area contributed by atoms with E-state index in [1.54, 1.807) is 11.6 Å². The smallest absolute Gasteiger partial charge is 0.276 e. The van der Waals surface area contributed by atoms with Crippen molar-refractivity contribution in [3.05, 3.63) is 84.3 Å². The maximum atomic E-state index is 12.9. The van der Waals surface area contributed by atoms with Crippen LogP contribution in [0.25, 0.3) is 16.6 Å². The number of carbonyl (C=O) groups excluding carboxylic acids is 1. The third kappa shape index (κ3) is 3.78. The van der Waals surface area contributed by atoms with Crippen LogP contribution >= 0.6 is 0 Å². The summed E-state index contributed by atoms with van der Waals surface area (Å²) in [7, 11) is 1.64. The number of aromatic nitrogens is 4. The van der Waals surface area contributed by atoms with E-state index in [1.165, 1.54) is 6.20 Å². The molecule has 0 fully saturated rings. The second kappa shape index (κ2) is 7.83. The van der Waals surface area contributed by atoms with Gasteiger partial charge in [-0.1, -0.05) is 18.2 Å². The van der Waals surface area contributed by atoms with Crippen LogP contribution in [0.15, 0.2) is 73.1 Å². The van der Waals surface area contributed by atoms with Crippen molar-refractivity contribution < 1.29 is 9.53 Å². The van der Waals surface area contributed by atoms with Crippen LogP contribution in [0, 0.1) is 0 Å². The van der Waals surface area contributed by atoms with Crippen molar-refractivity contribution in [1.82, 2.24) is 19.6 Å². The molecule has 0 atom stereocenters. The molecule has 0 bridgehead atoms. The predicted molar refractivity (Wildman–Crippen MR) is 120 cm³/mol. The van der Waals surface area contributed by atoms with Gasteiger partial charge < -0.3 is 20.4 Å². The summed E-state index contributed by atoms with van der Waals surface area (Å²) in [6, 6.07) is 19.2. The monoisotopic (exact) mass is 412 g/mol. The van der Waals surface area contributed by atoms with E-state index >= 15 is 0 Å². The van der Waals surface area contributed by atoms with E-state index in [0.717, 1.165) is 22.2 Å². The number of benzene rings is 2. The fraction of sp³-hybridized carbons (Fsp3) is 0.0870. The number of imidazole rings is 1. The minimum atomic E-state index is -0.279. The van der Waals surface area contributed by atoms with Gasteiger partial charge in [-0.15, -0.1) is 5.10 Å². The molecule has 0 radical (unpaired) electrons. The highest BCUT2D eigenvalue weighted by Crippen LogP contribution is 2.19. The molecule has 0 saturated heterocycles. The van der Waals surface area contributed by atoms with Gasteiger partial charge in [0.05, 0.1) is 13.3 Å². The summed E-state index contributed by atoms with van der Waals surface area (Å²) in [5, 5.41) is 11.8. The highest BCUT2D eigenvalue weighted by atomic mass is 16.5. The highest BCUT2D eigenvalue weighted by molar-refractivity contribution is 6.04. The zero-order chi connectivity index (χ0) is 21.2. The molecule has 0 saturated carbocycles. The number of aromatic amines is 1. The molecule has 0 aliphatic rings. The first-order chi connectivity index (χ1) is 15.2. The Labute approximate surface area is 177 Å². The molecule has 0 aliphatic heterocycles. The van der Waals surface area contributed by atoms with E-state index in [1.807, 2.05) is 66.9 Å². The van der Waals surface area contributed by atoms with Crippen molar-refractivity contribution in [2.75, 3.05) is 17.7 Å². The molecule has 2 aromatic carbocycles. The zero-order valence-electron chi connectivity index (χ0n) is 16.8. The predicted octanol–water partition coefficient (Wildman–Crippen LogP) is 4.08. The van der Waals surface area contributed by atoms with Crippen LogP contribution in [0.2, 0.25) is 0 Å². The minimum absolute atomic E-state index is 0.279. The number of fused-ring (bicyclic) bond motifs is 2. The normalized spacial score (nSPS) is 11.0. The summed E-state index contributed by atoms with van der Waals surface area (Å²) in [6.07, 6.45) is 3.39. The van der Waals surface area contributed by atoms with Crippen LogP contribution in [0.1, 0.15) is 16.1 Å². The van der Waals surface area contributed by atoms with Gasteiger partial charge in [0, 0.05) is 23.9 Å². The minimum Gasteiger partial charge on any atom is -0.497 e. The average Bonchev–Trinajstić information content (AvgIpc) is 3.44. The lowest BCUT2D eigenvalue weighted by Gasteiger charge is -2.08. The summed E-state index contributed by atoms with van der Waals surface area (Å²) in [6.45, 7) is 0.592. The molecular weight excluding hydrogens is 392 g/mol. The first kappa shape index (κ1) is 18.7. The second-order valence-electron chi connectivity index (χ2n) is 7.07. The number of anilines is 2. The first-order valence-electron chi connectivity index (χ1n) is 9.80. The molecular formula is C23H20N6O2. The van der Waals surface area contributed by atoms with Crippen LogP contribution in [0.5, 0.6) is 5.75 Å². The van der Waals surface area contributed by atoms with Gasteiger partial charge in [0.25, 0.3) is 5.91 Å². The van der Waals surface area contributed by atoms with E-state index in [4.69, 9.17) is 4.74 Å². The number of H-pyrrole nitrogens is 1. The van der Waals surface area contributed by atoms with Crippen molar-refractivity contribution in [1.29, 1.82) is 0 Å². The number of rotatable bonds is 6. The van der Waals surface area contributed by atoms with Crippen molar-refractivity contribution in [2.45, 2.75) is 6.54 Å². The Balaban J connectivity index is 1.34. The molecule has 0 spiro atoms. The quantitative estimate of drug-likeness (QED) is 0.390. The van der Waals surface area contributed by atoms with Gasteiger partial charge in [0.15, 0.2) is 11.3 Å². The van der Waals surface area contributed by atoms with Gasteiger partial charge in [0.1, 0.15) is 11.6 Å². The summed E-state index contributed by atoms with van der Waals surface area (Å²) >= 11 is 0. The Kier molecular flexibility index (Phi) is 4.72. The van der Waals surface area contributed by atoms with E-state index in [-0.39, 0.29) is 5.91 Å². The Morgan fingerprint density at radius 2 is 1.97 bits per heavy atom. The molecule has 8 heteroatoms. The van der Waals surface area contributed by atoms with Gasteiger partial charge >= 0.3 is 0 Å². The van der Waals surface area contributed by atoms with Crippen molar-refractivity contribution in [3.8, 4) is 5.75 Å². The first-order valence-corrected chi connectivity index (χ1v) is 9.80. The Bertz CT molecular complexity index is 1370. The molecule has 154 valence electrons. The molecule has 5 rings (SSSR count). The molecule has 8 nitrogen and oxygen atoms in total. The summed E-state index contributed by atoms with van der Waals surface area (Å²) in [5.74, 6) is 1.18.